The number of carbonyl (C=O) groups is 1. The number of esters is 1. The van der Waals surface area contributed by atoms with Crippen LogP contribution in [0.15, 0.2) is 66.7 Å². The van der Waals surface area contributed by atoms with Crippen LogP contribution in [0, 0.1) is 0 Å². The van der Waals surface area contributed by atoms with Gasteiger partial charge in [-0.2, -0.15) is 17.4 Å². The van der Waals surface area contributed by atoms with Crippen LogP contribution in [0.1, 0.15) is 11.1 Å². The minimum Gasteiger partial charge on any atom is -0.489 e. The minimum absolute atomic E-state index is 0.105. The summed E-state index contributed by atoms with van der Waals surface area (Å²) in [6.07, 6.45) is 3.62. The van der Waals surface area contributed by atoms with E-state index >= 15 is 0 Å². The molecule has 1 heterocycles. The molecule has 0 bridgehead atoms. The highest BCUT2D eigenvalue weighted by Gasteiger charge is 2.35. The number of hydrogen-bond donors (Lipinski definition) is 1. The number of nitrogens with one attached hydrogen (secondary N) is 1. The van der Waals surface area contributed by atoms with E-state index in [1.165, 1.54) is 7.11 Å². The Kier molecular flexibility index (Phi) is 7.03. The Morgan fingerprint density at radius 2 is 1.79 bits per heavy atom. The lowest BCUT2D eigenvalue weighted by molar-refractivity contribution is -0.145. The van der Waals surface area contributed by atoms with E-state index in [2.05, 4.69) is 4.72 Å². The molecule has 0 radical (unpaired) electrons. The normalized spacial score (nSPS) is 17.3. The van der Waals surface area contributed by atoms with Crippen molar-refractivity contribution < 1.29 is 22.7 Å². The van der Waals surface area contributed by atoms with Gasteiger partial charge < -0.3 is 9.47 Å². The van der Waals surface area contributed by atoms with Crippen molar-refractivity contribution in [3.63, 3.8) is 0 Å². The molecule has 1 N–H and O–H groups in total. The van der Waals surface area contributed by atoms with Crippen LogP contribution in [0.2, 0.25) is 0 Å². The summed E-state index contributed by atoms with van der Waals surface area (Å²) in [5.41, 5.74) is 1.87. The van der Waals surface area contributed by atoms with Gasteiger partial charge in [-0.3, -0.25) is 4.79 Å². The Balaban J connectivity index is 1.71. The van der Waals surface area contributed by atoms with E-state index in [4.69, 9.17) is 9.47 Å². The Hall–Kier alpha value is -2.68. The molecule has 0 fully saturated rings. The number of rotatable bonds is 7. The van der Waals surface area contributed by atoms with Crippen LogP contribution >= 0.6 is 0 Å². The summed E-state index contributed by atoms with van der Waals surface area (Å²) in [5, 5.41) is 0. The molecule has 0 aliphatic carbocycles. The van der Waals surface area contributed by atoms with Crippen molar-refractivity contribution in [1.82, 2.24) is 9.03 Å². The quantitative estimate of drug-likeness (QED) is 0.552. The van der Waals surface area contributed by atoms with Gasteiger partial charge in [0.15, 0.2) is 0 Å². The third-order valence-electron chi connectivity index (χ3n) is 4.57. The van der Waals surface area contributed by atoms with Crippen LogP contribution in [-0.2, 0) is 32.8 Å². The van der Waals surface area contributed by atoms with Crippen molar-refractivity contribution in [1.29, 1.82) is 0 Å². The van der Waals surface area contributed by atoms with E-state index in [-0.39, 0.29) is 19.5 Å². The zero-order valence-electron chi connectivity index (χ0n) is 16.2. The molecule has 0 spiro atoms. The number of methoxy groups -OCH3 is 1. The second-order valence-electron chi connectivity index (χ2n) is 6.56. The summed E-state index contributed by atoms with van der Waals surface area (Å²) in [4.78, 5) is 12.3. The summed E-state index contributed by atoms with van der Waals surface area (Å²) >= 11 is 0. The van der Waals surface area contributed by atoms with Gasteiger partial charge in [0.2, 0.25) is 0 Å². The van der Waals surface area contributed by atoms with Gasteiger partial charge >= 0.3 is 5.97 Å². The summed E-state index contributed by atoms with van der Waals surface area (Å²) in [5.74, 6) is 0.0919. The summed E-state index contributed by atoms with van der Waals surface area (Å²) in [6, 6.07) is 16.1. The number of carbonyl (C=O) groups excluding carboxylic acids is 1. The standard InChI is InChI=1S/C21H24N2O5S/c1-27-21(24)20(23-14-6-5-13-22-29(23,25)26)15-17-9-11-19(12-10-17)28-16-18-7-3-2-4-8-18/h2-12,20,22H,13-16H2,1H3/t20-/m0/s1. The maximum absolute atomic E-state index is 12.5. The van der Waals surface area contributed by atoms with Gasteiger partial charge in [0, 0.05) is 13.1 Å². The topological polar surface area (TPSA) is 84.9 Å². The Labute approximate surface area is 171 Å². The zero-order chi connectivity index (χ0) is 20.7. The largest absolute Gasteiger partial charge is 0.489 e. The van der Waals surface area contributed by atoms with E-state index in [0.717, 1.165) is 15.4 Å². The highest BCUT2D eigenvalue weighted by Crippen LogP contribution is 2.19. The van der Waals surface area contributed by atoms with E-state index in [0.29, 0.717) is 12.4 Å². The fourth-order valence-corrected chi connectivity index (χ4v) is 4.27. The van der Waals surface area contributed by atoms with Crippen LogP contribution in [-0.4, -0.2) is 44.9 Å². The van der Waals surface area contributed by atoms with Gasteiger partial charge in [-0.05, 0) is 29.7 Å². The maximum Gasteiger partial charge on any atom is 0.324 e. The predicted octanol–water partition coefficient (Wildman–Crippen LogP) is 2.06. The van der Waals surface area contributed by atoms with Crippen LogP contribution in [0.25, 0.3) is 0 Å². The molecule has 0 aromatic heterocycles. The molecule has 0 unspecified atom stereocenters. The Morgan fingerprint density at radius 1 is 1.07 bits per heavy atom. The lowest BCUT2D eigenvalue weighted by atomic mass is 10.1. The zero-order valence-corrected chi connectivity index (χ0v) is 17.0. The molecule has 3 rings (SSSR count). The summed E-state index contributed by atoms with van der Waals surface area (Å²) < 4.78 is 39.1. The van der Waals surface area contributed by atoms with Crippen molar-refractivity contribution in [2.45, 2.75) is 19.1 Å². The van der Waals surface area contributed by atoms with Gasteiger partial charge in [-0.15, -0.1) is 0 Å². The third kappa shape index (κ3) is 5.66. The monoisotopic (exact) mass is 416 g/mol. The molecule has 1 atom stereocenters. The lowest BCUT2D eigenvalue weighted by Crippen LogP contribution is -2.50. The van der Waals surface area contributed by atoms with Crippen LogP contribution in [0.3, 0.4) is 0 Å². The summed E-state index contributed by atoms with van der Waals surface area (Å²) in [6.45, 7) is 0.753. The highest BCUT2D eigenvalue weighted by molar-refractivity contribution is 7.87. The molecule has 2 aromatic carbocycles. The second-order valence-corrected chi connectivity index (χ2v) is 8.26. The number of hydrogen-bond acceptors (Lipinski definition) is 5. The molecular weight excluding hydrogens is 392 g/mol. The van der Waals surface area contributed by atoms with Crippen LogP contribution in [0.5, 0.6) is 5.75 Å². The molecule has 29 heavy (non-hydrogen) atoms. The number of nitrogens with zero attached hydrogens (tertiary/aromatic N) is 1. The van der Waals surface area contributed by atoms with Crippen LogP contribution < -0.4 is 9.46 Å². The first-order valence-corrected chi connectivity index (χ1v) is 10.7. The van der Waals surface area contributed by atoms with E-state index in [1.54, 1.807) is 12.2 Å². The highest BCUT2D eigenvalue weighted by atomic mass is 32.2. The van der Waals surface area contributed by atoms with Crippen LogP contribution in [0.4, 0.5) is 0 Å². The fourth-order valence-electron chi connectivity index (χ4n) is 3.02. The Morgan fingerprint density at radius 3 is 2.48 bits per heavy atom. The second kappa shape index (κ2) is 9.69. The SMILES string of the molecule is COC(=O)[C@H](Cc1ccc(OCc2ccccc2)cc1)N1CC=CCNS1(=O)=O. The molecule has 8 heteroatoms. The van der Waals surface area contributed by atoms with E-state index in [1.807, 2.05) is 54.6 Å². The van der Waals surface area contributed by atoms with Gasteiger partial charge in [0.25, 0.3) is 10.2 Å². The van der Waals surface area contributed by atoms with E-state index in [9.17, 15) is 13.2 Å². The molecule has 2 aromatic rings. The maximum atomic E-state index is 12.5. The van der Waals surface area contributed by atoms with Gasteiger partial charge in [-0.25, -0.2) is 0 Å². The molecular formula is C21H24N2O5S. The fraction of sp³-hybridized carbons (Fsp3) is 0.286. The lowest BCUT2D eigenvalue weighted by Gasteiger charge is -2.27. The summed E-state index contributed by atoms with van der Waals surface area (Å²) in [7, 11) is -2.53. The van der Waals surface area contributed by atoms with Crippen molar-refractivity contribution in [2.75, 3.05) is 20.2 Å². The first-order valence-electron chi connectivity index (χ1n) is 9.24. The number of benzene rings is 2. The predicted molar refractivity (Wildman–Crippen MR) is 109 cm³/mol. The van der Waals surface area contributed by atoms with Gasteiger partial charge in [0.05, 0.1) is 7.11 Å². The molecule has 0 saturated carbocycles. The van der Waals surface area contributed by atoms with E-state index < -0.39 is 22.2 Å². The van der Waals surface area contributed by atoms with Gasteiger partial charge in [-0.1, -0.05) is 54.6 Å². The smallest absolute Gasteiger partial charge is 0.324 e. The molecule has 154 valence electrons. The molecule has 1 aliphatic heterocycles. The van der Waals surface area contributed by atoms with Crippen molar-refractivity contribution in [3.8, 4) is 5.75 Å². The first kappa shape index (κ1) is 21.0. The molecule has 0 amide bonds. The number of ether oxygens (including phenoxy) is 2. The first-order chi connectivity index (χ1) is 14.0. The molecule has 0 saturated heterocycles. The molecule has 7 nitrogen and oxygen atoms in total. The van der Waals surface area contributed by atoms with Crippen molar-refractivity contribution in [3.05, 3.63) is 77.9 Å². The third-order valence-corrected chi connectivity index (χ3v) is 6.12. The van der Waals surface area contributed by atoms with Crippen molar-refractivity contribution >= 4 is 16.2 Å². The average Bonchev–Trinajstić information content (AvgIpc) is 2.91. The molecule has 1 aliphatic rings. The van der Waals surface area contributed by atoms with Crippen molar-refractivity contribution in [2.24, 2.45) is 0 Å². The minimum atomic E-state index is -3.79. The Bertz CT molecular complexity index is 943. The average molecular weight is 416 g/mol. The van der Waals surface area contributed by atoms with Gasteiger partial charge in [0.1, 0.15) is 18.4 Å².